The third-order valence-corrected chi connectivity index (χ3v) is 3.37. The zero-order chi connectivity index (χ0) is 13.7. The summed E-state index contributed by atoms with van der Waals surface area (Å²) in [5.74, 6) is 0.795. The molecule has 1 aromatic carbocycles. The van der Waals surface area contributed by atoms with Crippen molar-refractivity contribution in [3.05, 3.63) is 24.3 Å². The van der Waals surface area contributed by atoms with Gasteiger partial charge in [-0.05, 0) is 37.1 Å². The molecule has 19 heavy (non-hydrogen) atoms. The van der Waals surface area contributed by atoms with Crippen LogP contribution in [0.3, 0.4) is 0 Å². The predicted octanol–water partition coefficient (Wildman–Crippen LogP) is 1.06. The molecule has 0 unspecified atom stereocenters. The summed E-state index contributed by atoms with van der Waals surface area (Å²) in [5, 5.41) is 2.88. The number of anilines is 1. The molecule has 2 rings (SSSR count). The number of hydrogen-bond acceptors (Lipinski definition) is 4. The van der Waals surface area contributed by atoms with Crippen LogP contribution in [0.25, 0.3) is 0 Å². The highest BCUT2D eigenvalue weighted by molar-refractivity contribution is 5.92. The molecule has 0 spiro atoms. The molecule has 1 heterocycles. The van der Waals surface area contributed by atoms with Gasteiger partial charge in [-0.15, -0.1) is 0 Å². The molecule has 1 aliphatic heterocycles. The first-order chi connectivity index (χ1) is 9.17. The first-order valence-corrected chi connectivity index (χ1v) is 6.59. The number of hydrogen-bond donors (Lipinski definition) is 2. The van der Waals surface area contributed by atoms with E-state index in [-0.39, 0.29) is 5.91 Å². The van der Waals surface area contributed by atoms with Crippen molar-refractivity contribution in [1.29, 1.82) is 0 Å². The van der Waals surface area contributed by atoms with Crippen LogP contribution in [0, 0.1) is 0 Å². The number of nitrogens with zero attached hydrogens (tertiary/aromatic N) is 1. The van der Waals surface area contributed by atoms with Crippen molar-refractivity contribution >= 4 is 11.6 Å². The van der Waals surface area contributed by atoms with E-state index in [4.69, 9.17) is 10.5 Å². The number of nitrogens with one attached hydrogen (secondary N) is 1. The van der Waals surface area contributed by atoms with Crippen molar-refractivity contribution < 1.29 is 9.53 Å². The highest BCUT2D eigenvalue weighted by Crippen LogP contribution is 2.15. The first kappa shape index (κ1) is 13.8. The van der Waals surface area contributed by atoms with E-state index >= 15 is 0 Å². The van der Waals surface area contributed by atoms with Gasteiger partial charge in [-0.25, -0.2) is 0 Å². The number of likely N-dealkylation sites (tertiary alicyclic amines) is 1. The van der Waals surface area contributed by atoms with Crippen LogP contribution in [0.1, 0.15) is 12.8 Å². The summed E-state index contributed by atoms with van der Waals surface area (Å²) in [7, 11) is 1.62. The van der Waals surface area contributed by atoms with E-state index in [2.05, 4.69) is 10.2 Å². The number of methoxy groups -OCH3 is 1. The largest absolute Gasteiger partial charge is 0.497 e. The third-order valence-electron chi connectivity index (χ3n) is 3.37. The molecule has 1 aromatic rings. The topological polar surface area (TPSA) is 67.6 Å². The molecule has 0 bridgehead atoms. The molecule has 0 radical (unpaired) electrons. The first-order valence-electron chi connectivity index (χ1n) is 6.59. The summed E-state index contributed by atoms with van der Waals surface area (Å²) < 4.78 is 5.07. The summed E-state index contributed by atoms with van der Waals surface area (Å²) in [6.45, 7) is 2.23. The van der Waals surface area contributed by atoms with Crippen LogP contribution in [0.15, 0.2) is 24.3 Å². The maximum Gasteiger partial charge on any atom is 0.238 e. The molecule has 0 atom stereocenters. The van der Waals surface area contributed by atoms with E-state index in [1.807, 2.05) is 24.3 Å². The Kier molecular flexibility index (Phi) is 4.76. The minimum atomic E-state index is 0.0145. The summed E-state index contributed by atoms with van der Waals surface area (Å²) >= 11 is 0. The number of nitrogens with two attached hydrogens (primary N) is 1. The van der Waals surface area contributed by atoms with Crippen molar-refractivity contribution in [2.75, 3.05) is 32.1 Å². The quantitative estimate of drug-likeness (QED) is 0.852. The van der Waals surface area contributed by atoms with Crippen LogP contribution in [-0.2, 0) is 4.79 Å². The lowest BCUT2D eigenvalue weighted by atomic mass is 10.1. The average Bonchev–Trinajstić information content (AvgIpc) is 2.42. The molecule has 0 aliphatic carbocycles. The Morgan fingerprint density at radius 2 is 2.00 bits per heavy atom. The minimum Gasteiger partial charge on any atom is -0.497 e. The second-order valence-electron chi connectivity index (χ2n) is 4.89. The van der Waals surface area contributed by atoms with E-state index in [0.29, 0.717) is 12.6 Å². The van der Waals surface area contributed by atoms with Gasteiger partial charge in [-0.2, -0.15) is 0 Å². The van der Waals surface area contributed by atoms with Gasteiger partial charge in [0.2, 0.25) is 5.91 Å². The van der Waals surface area contributed by atoms with E-state index in [9.17, 15) is 4.79 Å². The molecule has 1 aliphatic rings. The van der Waals surface area contributed by atoms with Crippen molar-refractivity contribution in [1.82, 2.24) is 4.90 Å². The van der Waals surface area contributed by atoms with Crippen LogP contribution in [0.4, 0.5) is 5.69 Å². The van der Waals surface area contributed by atoms with Gasteiger partial charge >= 0.3 is 0 Å². The highest BCUT2D eigenvalue weighted by atomic mass is 16.5. The van der Waals surface area contributed by atoms with Crippen LogP contribution in [0.2, 0.25) is 0 Å². The number of rotatable bonds is 4. The van der Waals surface area contributed by atoms with Crippen molar-refractivity contribution in [3.8, 4) is 5.75 Å². The third kappa shape index (κ3) is 4.22. The van der Waals surface area contributed by atoms with Crippen LogP contribution < -0.4 is 15.8 Å². The normalized spacial score (nSPS) is 17.2. The number of carbonyl (C=O) groups is 1. The maximum atomic E-state index is 11.9. The molecule has 5 heteroatoms. The fourth-order valence-corrected chi connectivity index (χ4v) is 2.19. The lowest BCUT2D eigenvalue weighted by Gasteiger charge is -2.29. The van der Waals surface area contributed by atoms with Gasteiger partial charge in [-0.1, -0.05) is 0 Å². The van der Waals surface area contributed by atoms with Gasteiger partial charge < -0.3 is 15.8 Å². The molecular formula is C14H21N3O2. The lowest BCUT2D eigenvalue weighted by Crippen LogP contribution is -2.43. The summed E-state index contributed by atoms with van der Waals surface area (Å²) in [6, 6.07) is 7.62. The number of ether oxygens (including phenoxy) is 1. The van der Waals surface area contributed by atoms with Crippen LogP contribution >= 0.6 is 0 Å². The Morgan fingerprint density at radius 1 is 1.37 bits per heavy atom. The number of piperidine rings is 1. The summed E-state index contributed by atoms with van der Waals surface area (Å²) in [4.78, 5) is 14.0. The Balaban J connectivity index is 1.80. The fraction of sp³-hybridized carbons (Fsp3) is 0.500. The molecule has 1 fully saturated rings. The molecule has 104 valence electrons. The summed E-state index contributed by atoms with van der Waals surface area (Å²) in [6.07, 6.45) is 1.94. The van der Waals surface area contributed by atoms with Crippen molar-refractivity contribution in [2.24, 2.45) is 5.73 Å². The molecule has 5 nitrogen and oxygen atoms in total. The molecule has 3 N–H and O–H groups in total. The van der Waals surface area contributed by atoms with Crippen molar-refractivity contribution in [2.45, 2.75) is 18.9 Å². The average molecular weight is 263 g/mol. The molecule has 1 saturated heterocycles. The van der Waals surface area contributed by atoms with E-state index in [0.717, 1.165) is 37.4 Å². The smallest absolute Gasteiger partial charge is 0.238 e. The van der Waals surface area contributed by atoms with Gasteiger partial charge in [0.1, 0.15) is 5.75 Å². The van der Waals surface area contributed by atoms with Gasteiger partial charge in [0.25, 0.3) is 0 Å². The Hall–Kier alpha value is -1.59. The molecule has 0 saturated carbocycles. The maximum absolute atomic E-state index is 11.9. The Morgan fingerprint density at radius 3 is 2.58 bits per heavy atom. The van der Waals surface area contributed by atoms with Crippen molar-refractivity contribution in [3.63, 3.8) is 0 Å². The standard InChI is InChI=1S/C14H21N3O2/c1-19-13-4-2-12(3-5-13)16-14(18)10-17-8-6-11(15)7-9-17/h2-5,11H,6-10,15H2,1H3,(H,16,18). The number of carbonyl (C=O) groups excluding carboxylic acids is 1. The summed E-state index contributed by atoms with van der Waals surface area (Å²) in [5.41, 5.74) is 6.63. The van der Waals surface area contributed by atoms with Gasteiger partial charge in [0.15, 0.2) is 0 Å². The molecule has 0 aromatic heterocycles. The monoisotopic (exact) mass is 263 g/mol. The minimum absolute atomic E-state index is 0.0145. The predicted molar refractivity (Wildman–Crippen MR) is 75.3 cm³/mol. The van der Waals surface area contributed by atoms with E-state index in [1.54, 1.807) is 7.11 Å². The highest BCUT2D eigenvalue weighted by Gasteiger charge is 2.18. The Bertz CT molecular complexity index is 411. The number of benzene rings is 1. The van der Waals surface area contributed by atoms with Crippen LogP contribution in [0.5, 0.6) is 5.75 Å². The van der Waals surface area contributed by atoms with Gasteiger partial charge in [-0.3, -0.25) is 9.69 Å². The van der Waals surface area contributed by atoms with Crippen LogP contribution in [-0.4, -0.2) is 43.6 Å². The fourth-order valence-electron chi connectivity index (χ4n) is 2.19. The zero-order valence-corrected chi connectivity index (χ0v) is 11.3. The SMILES string of the molecule is COc1ccc(NC(=O)CN2CCC(N)CC2)cc1. The second-order valence-corrected chi connectivity index (χ2v) is 4.89. The zero-order valence-electron chi connectivity index (χ0n) is 11.3. The van der Waals surface area contributed by atoms with E-state index < -0.39 is 0 Å². The second kappa shape index (κ2) is 6.54. The van der Waals surface area contributed by atoms with Gasteiger partial charge in [0.05, 0.1) is 13.7 Å². The van der Waals surface area contributed by atoms with E-state index in [1.165, 1.54) is 0 Å². The van der Waals surface area contributed by atoms with Gasteiger partial charge in [0, 0.05) is 24.8 Å². The number of amides is 1. The molecule has 1 amide bonds. The Labute approximate surface area is 113 Å². The lowest BCUT2D eigenvalue weighted by molar-refractivity contribution is -0.117. The molecular weight excluding hydrogens is 242 g/mol.